The number of nitrogens with one attached hydrogen (secondary N) is 1. The van der Waals surface area contributed by atoms with E-state index in [0.717, 1.165) is 5.69 Å². The lowest BCUT2D eigenvalue weighted by molar-refractivity contribution is 0.422. The molecule has 0 aliphatic heterocycles. The van der Waals surface area contributed by atoms with Crippen molar-refractivity contribution >= 4 is 0 Å². The minimum Gasteiger partial charge on any atom is -0.299 e. The molecule has 1 N–H and O–H groups in total. The lowest BCUT2D eigenvalue weighted by atomic mass is 9.95. The molecule has 0 radical (unpaired) electrons. The van der Waals surface area contributed by atoms with E-state index in [1.807, 2.05) is 17.9 Å². The molecule has 1 rings (SSSR count). The minimum atomic E-state index is 0.204. The smallest absolute Gasteiger partial charge is 0.1000 e. The molecule has 4 heteroatoms. The van der Waals surface area contributed by atoms with Crippen molar-refractivity contribution in [2.24, 2.45) is 5.92 Å². The molecule has 80 valence electrons. The zero-order chi connectivity index (χ0) is 10.7. The van der Waals surface area contributed by atoms with Gasteiger partial charge in [0.1, 0.15) is 0 Å². The molecular formula is C10H20N4. The van der Waals surface area contributed by atoms with Gasteiger partial charge in [0.25, 0.3) is 0 Å². The number of aromatic nitrogens is 3. The molecule has 0 spiro atoms. The second-order valence-electron chi connectivity index (χ2n) is 4.12. The predicted octanol–water partition coefficient (Wildman–Crippen LogP) is 1.78. The quantitative estimate of drug-likeness (QED) is 0.798. The van der Waals surface area contributed by atoms with E-state index in [1.54, 1.807) is 0 Å². The van der Waals surface area contributed by atoms with Crippen molar-refractivity contribution in [2.75, 3.05) is 7.05 Å². The van der Waals surface area contributed by atoms with Gasteiger partial charge in [-0.3, -0.25) is 5.32 Å². The summed E-state index contributed by atoms with van der Waals surface area (Å²) in [7, 11) is 1.91. The van der Waals surface area contributed by atoms with Crippen LogP contribution >= 0.6 is 0 Å². The summed E-state index contributed by atoms with van der Waals surface area (Å²) < 4.78 is 1.86. The van der Waals surface area contributed by atoms with Crippen LogP contribution in [-0.4, -0.2) is 22.0 Å². The van der Waals surface area contributed by atoms with Gasteiger partial charge in [0.05, 0.1) is 18.1 Å². The van der Waals surface area contributed by atoms with Gasteiger partial charge in [-0.05, 0) is 19.9 Å². The fraction of sp³-hybridized carbons (Fsp3) is 0.800. The Morgan fingerprint density at radius 3 is 2.43 bits per heavy atom. The highest BCUT2D eigenvalue weighted by Gasteiger charge is 2.14. The second kappa shape index (κ2) is 4.55. The van der Waals surface area contributed by atoms with Crippen molar-refractivity contribution in [3.8, 4) is 0 Å². The van der Waals surface area contributed by atoms with E-state index >= 15 is 0 Å². The number of hydrogen-bond acceptors (Lipinski definition) is 3. The molecule has 14 heavy (non-hydrogen) atoms. The molecule has 0 saturated carbocycles. The van der Waals surface area contributed by atoms with Crippen LogP contribution in [0.1, 0.15) is 45.5 Å². The van der Waals surface area contributed by atoms with Gasteiger partial charge < -0.3 is 0 Å². The molecule has 4 nitrogen and oxygen atoms in total. The van der Waals surface area contributed by atoms with Gasteiger partial charge in [0, 0.05) is 5.92 Å². The van der Waals surface area contributed by atoms with Crippen LogP contribution in [0.25, 0.3) is 0 Å². The van der Waals surface area contributed by atoms with Crippen molar-refractivity contribution in [1.82, 2.24) is 20.3 Å². The maximum atomic E-state index is 4.18. The number of hydrogen-bond donors (Lipinski definition) is 1. The van der Waals surface area contributed by atoms with E-state index in [4.69, 9.17) is 0 Å². The van der Waals surface area contributed by atoms with Crippen LogP contribution < -0.4 is 5.32 Å². The molecule has 0 aliphatic rings. The molecule has 1 heterocycles. The van der Waals surface area contributed by atoms with Gasteiger partial charge in [-0.1, -0.05) is 26.0 Å². The van der Waals surface area contributed by atoms with Crippen LogP contribution in [0.2, 0.25) is 0 Å². The van der Waals surface area contributed by atoms with Crippen molar-refractivity contribution in [1.29, 1.82) is 0 Å². The SMILES string of the molecule is CNC(C)n1cc(C(C)C(C)C)nn1. The maximum absolute atomic E-state index is 4.18. The first kappa shape index (κ1) is 11.2. The van der Waals surface area contributed by atoms with Gasteiger partial charge in [-0.25, -0.2) is 4.68 Å². The third kappa shape index (κ3) is 2.32. The lowest BCUT2D eigenvalue weighted by Gasteiger charge is -2.12. The van der Waals surface area contributed by atoms with Crippen molar-refractivity contribution in [3.05, 3.63) is 11.9 Å². The topological polar surface area (TPSA) is 42.7 Å². The first-order valence-electron chi connectivity index (χ1n) is 5.15. The van der Waals surface area contributed by atoms with Crippen LogP contribution in [0, 0.1) is 5.92 Å². The van der Waals surface area contributed by atoms with Gasteiger partial charge in [0.15, 0.2) is 0 Å². The zero-order valence-corrected chi connectivity index (χ0v) is 9.65. The standard InChI is InChI=1S/C10H20N4/c1-7(2)8(3)10-6-14(13-12-10)9(4)11-5/h6-9,11H,1-5H3. The maximum Gasteiger partial charge on any atom is 0.1000 e. The normalized spacial score (nSPS) is 15.9. The van der Waals surface area contributed by atoms with Crippen molar-refractivity contribution < 1.29 is 0 Å². The Kier molecular flexibility index (Phi) is 3.63. The summed E-state index contributed by atoms with van der Waals surface area (Å²) in [6.07, 6.45) is 2.22. The van der Waals surface area contributed by atoms with E-state index < -0.39 is 0 Å². The summed E-state index contributed by atoms with van der Waals surface area (Å²) in [6.45, 7) is 8.64. The third-order valence-corrected chi connectivity index (χ3v) is 2.81. The van der Waals surface area contributed by atoms with E-state index in [1.165, 1.54) is 0 Å². The Morgan fingerprint density at radius 2 is 1.93 bits per heavy atom. The summed E-state index contributed by atoms with van der Waals surface area (Å²) in [4.78, 5) is 0. The largest absolute Gasteiger partial charge is 0.299 e. The van der Waals surface area contributed by atoms with Crippen LogP contribution in [-0.2, 0) is 0 Å². The molecule has 0 fully saturated rings. The molecule has 0 bridgehead atoms. The number of nitrogens with zero attached hydrogens (tertiary/aromatic N) is 3. The fourth-order valence-corrected chi connectivity index (χ4v) is 1.16. The molecule has 1 aromatic rings. The molecule has 0 saturated heterocycles. The van der Waals surface area contributed by atoms with Gasteiger partial charge in [-0.15, -0.1) is 5.10 Å². The zero-order valence-electron chi connectivity index (χ0n) is 9.65. The Hall–Kier alpha value is -0.900. The average Bonchev–Trinajstić information content (AvgIpc) is 2.64. The van der Waals surface area contributed by atoms with Crippen LogP contribution in [0.3, 0.4) is 0 Å². The van der Waals surface area contributed by atoms with Gasteiger partial charge in [-0.2, -0.15) is 0 Å². The molecule has 2 unspecified atom stereocenters. The van der Waals surface area contributed by atoms with Crippen molar-refractivity contribution in [3.63, 3.8) is 0 Å². The predicted molar refractivity (Wildman–Crippen MR) is 57.0 cm³/mol. The molecule has 0 aliphatic carbocycles. The monoisotopic (exact) mass is 196 g/mol. The lowest BCUT2D eigenvalue weighted by Crippen LogP contribution is -2.20. The Bertz CT molecular complexity index is 279. The average molecular weight is 196 g/mol. The van der Waals surface area contributed by atoms with E-state index in [-0.39, 0.29) is 6.17 Å². The van der Waals surface area contributed by atoms with E-state index in [9.17, 15) is 0 Å². The van der Waals surface area contributed by atoms with E-state index in [2.05, 4.69) is 43.3 Å². The second-order valence-corrected chi connectivity index (χ2v) is 4.12. The number of rotatable bonds is 4. The highest BCUT2D eigenvalue weighted by molar-refractivity contribution is 5.01. The first-order chi connectivity index (χ1) is 6.56. The summed E-state index contributed by atoms with van der Waals surface area (Å²) in [6, 6.07) is 0. The summed E-state index contributed by atoms with van der Waals surface area (Å²) in [5, 5.41) is 11.4. The highest BCUT2D eigenvalue weighted by Crippen LogP contribution is 2.21. The Labute approximate surface area is 85.7 Å². The van der Waals surface area contributed by atoms with Gasteiger partial charge in [0.2, 0.25) is 0 Å². The van der Waals surface area contributed by atoms with Gasteiger partial charge >= 0.3 is 0 Å². The third-order valence-electron chi connectivity index (χ3n) is 2.81. The molecule has 1 aromatic heterocycles. The Morgan fingerprint density at radius 1 is 1.29 bits per heavy atom. The Balaban J connectivity index is 2.77. The van der Waals surface area contributed by atoms with Crippen LogP contribution in [0.5, 0.6) is 0 Å². The first-order valence-corrected chi connectivity index (χ1v) is 5.15. The summed E-state index contributed by atoms with van der Waals surface area (Å²) in [5.41, 5.74) is 1.07. The minimum absolute atomic E-state index is 0.204. The van der Waals surface area contributed by atoms with E-state index in [0.29, 0.717) is 11.8 Å². The molecular weight excluding hydrogens is 176 g/mol. The molecule has 2 atom stereocenters. The van der Waals surface area contributed by atoms with Crippen molar-refractivity contribution in [2.45, 2.75) is 39.8 Å². The van der Waals surface area contributed by atoms with Crippen LogP contribution in [0.4, 0.5) is 0 Å². The fourth-order valence-electron chi connectivity index (χ4n) is 1.16. The van der Waals surface area contributed by atoms with Crippen LogP contribution in [0.15, 0.2) is 6.20 Å². The summed E-state index contributed by atoms with van der Waals surface area (Å²) >= 11 is 0. The summed E-state index contributed by atoms with van der Waals surface area (Å²) in [5.74, 6) is 1.07. The molecule has 0 amide bonds. The highest BCUT2D eigenvalue weighted by atomic mass is 15.5. The molecule has 0 aromatic carbocycles.